The molecular weight excluding hydrogens is 360 g/mol. The van der Waals surface area contributed by atoms with Crippen LogP contribution in [-0.2, 0) is 13.1 Å². The summed E-state index contributed by atoms with van der Waals surface area (Å²) in [5.74, 6) is -0.0367. The molecule has 156 valence electrons. The van der Waals surface area contributed by atoms with E-state index in [1.807, 2.05) is 24.3 Å². The van der Waals surface area contributed by atoms with Crippen LogP contribution in [-0.4, -0.2) is 62.0 Å². The third-order valence-corrected chi connectivity index (χ3v) is 5.56. The summed E-state index contributed by atoms with van der Waals surface area (Å²) in [5.41, 5.74) is 3.34. The molecule has 0 radical (unpaired) electrons. The molecule has 5 heteroatoms. The van der Waals surface area contributed by atoms with Gasteiger partial charge in [-0.25, -0.2) is 0 Å². The third-order valence-electron chi connectivity index (χ3n) is 5.56. The zero-order valence-corrected chi connectivity index (χ0v) is 17.6. The van der Waals surface area contributed by atoms with Gasteiger partial charge in [-0.3, -0.25) is 9.69 Å². The topological polar surface area (TPSA) is 47.6 Å². The zero-order valence-electron chi connectivity index (χ0n) is 17.6. The van der Waals surface area contributed by atoms with Crippen molar-refractivity contribution in [2.75, 3.05) is 46.3 Å². The Balaban J connectivity index is 1.23. The highest BCUT2D eigenvalue weighted by Crippen LogP contribution is 2.09. The number of hydrogen-bond donors (Lipinski definition) is 2. The fourth-order valence-corrected chi connectivity index (χ4v) is 3.75. The Morgan fingerprint density at radius 1 is 0.862 bits per heavy atom. The molecular formula is C24H34N4O. The first-order valence-corrected chi connectivity index (χ1v) is 10.7. The Bertz CT molecular complexity index is 724. The third kappa shape index (κ3) is 7.28. The Hall–Kier alpha value is -2.21. The van der Waals surface area contributed by atoms with Crippen molar-refractivity contribution in [1.29, 1.82) is 0 Å². The highest BCUT2D eigenvalue weighted by molar-refractivity contribution is 5.93. The predicted molar refractivity (Wildman–Crippen MR) is 119 cm³/mol. The first kappa shape index (κ1) is 21.5. The lowest BCUT2D eigenvalue weighted by molar-refractivity contribution is 0.0963. The number of rotatable bonds is 10. The minimum Gasteiger partial charge on any atom is -0.355 e. The molecule has 1 fully saturated rings. The highest BCUT2D eigenvalue weighted by Gasteiger charge is 2.16. The molecule has 1 aliphatic rings. The molecule has 0 aromatic heterocycles. The number of nitrogens with one attached hydrogen (secondary N) is 2. The number of piperazine rings is 1. The number of carbonyl (C=O) groups is 1. The molecule has 1 heterocycles. The van der Waals surface area contributed by atoms with Gasteiger partial charge in [0.1, 0.15) is 0 Å². The largest absolute Gasteiger partial charge is 0.355 e. The Kier molecular flexibility index (Phi) is 8.68. The Labute approximate surface area is 175 Å². The lowest BCUT2D eigenvalue weighted by atomic mass is 10.1. The SMILES string of the molecule is CNC(=O)c1ccc(CNCCCCN2CCN(Cc3ccccc3)CC2)cc1. The van der Waals surface area contributed by atoms with Crippen molar-refractivity contribution in [3.05, 3.63) is 71.3 Å². The summed E-state index contributed by atoms with van der Waals surface area (Å²) in [6, 6.07) is 18.6. The normalized spacial score (nSPS) is 15.3. The van der Waals surface area contributed by atoms with Crippen LogP contribution in [0.15, 0.2) is 54.6 Å². The summed E-state index contributed by atoms with van der Waals surface area (Å²) in [6.45, 7) is 8.84. The van der Waals surface area contributed by atoms with E-state index in [4.69, 9.17) is 0 Å². The van der Waals surface area contributed by atoms with Gasteiger partial charge < -0.3 is 15.5 Å². The van der Waals surface area contributed by atoms with E-state index in [0.29, 0.717) is 5.56 Å². The number of unbranched alkanes of at least 4 members (excludes halogenated alkanes) is 1. The second-order valence-electron chi connectivity index (χ2n) is 7.76. The number of carbonyl (C=O) groups excluding carboxylic acids is 1. The molecule has 2 aromatic rings. The first-order chi connectivity index (χ1) is 14.2. The molecule has 0 unspecified atom stereocenters. The van der Waals surface area contributed by atoms with Gasteiger partial charge in [0.05, 0.1) is 0 Å². The molecule has 0 bridgehead atoms. The van der Waals surface area contributed by atoms with Crippen molar-refractivity contribution in [3.63, 3.8) is 0 Å². The summed E-state index contributed by atoms with van der Waals surface area (Å²) in [7, 11) is 1.66. The molecule has 3 rings (SSSR count). The number of hydrogen-bond acceptors (Lipinski definition) is 4. The molecule has 1 aliphatic heterocycles. The monoisotopic (exact) mass is 394 g/mol. The van der Waals surface area contributed by atoms with Crippen LogP contribution in [0.3, 0.4) is 0 Å². The summed E-state index contributed by atoms with van der Waals surface area (Å²) in [4.78, 5) is 16.7. The predicted octanol–water partition coefficient (Wildman–Crippen LogP) is 2.73. The van der Waals surface area contributed by atoms with Crippen LogP contribution in [0.4, 0.5) is 0 Å². The smallest absolute Gasteiger partial charge is 0.251 e. The second-order valence-corrected chi connectivity index (χ2v) is 7.76. The van der Waals surface area contributed by atoms with Crippen molar-refractivity contribution in [1.82, 2.24) is 20.4 Å². The summed E-state index contributed by atoms with van der Waals surface area (Å²) in [6.07, 6.45) is 2.43. The standard InChI is InChI=1S/C24H34N4O/c1-25-24(29)23-11-9-21(10-12-23)19-26-13-5-6-14-27-15-17-28(18-16-27)20-22-7-3-2-4-8-22/h2-4,7-12,26H,5-6,13-20H2,1H3,(H,25,29). The van der Waals surface area contributed by atoms with E-state index in [-0.39, 0.29) is 5.91 Å². The van der Waals surface area contributed by atoms with Crippen molar-refractivity contribution >= 4 is 5.91 Å². The quantitative estimate of drug-likeness (QED) is 0.609. The average Bonchev–Trinajstić information content (AvgIpc) is 2.78. The van der Waals surface area contributed by atoms with Crippen LogP contribution in [0.5, 0.6) is 0 Å². The molecule has 2 aromatic carbocycles. The van der Waals surface area contributed by atoms with Gasteiger partial charge >= 0.3 is 0 Å². The molecule has 0 aliphatic carbocycles. The van der Waals surface area contributed by atoms with Crippen molar-refractivity contribution in [2.45, 2.75) is 25.9 Å². The summed E-state index contributed by atoms with van der Waals surface area (Å²) >= 11 is 0. The van der Waals surface area contributed by atoms with Gasteiger partial charge in [-0.1, -0.05) is 42.5 Å². The second kappa shape index (κ2) is 11.7. The van der Waals surface area contributed by atoms with Crippen LogP contribution < -0.4 is 10.6 Å². The van der Waals surface area contributed by atoms with Gasteiger partial charge in [0.25, 0.3) is 5.91 Å². The van der Waals surface area contributed by atoms with Crippen molar-refractivity contribution in [2.24, 2.45) is 0 Å². The molecule has 2 N–H and O–H groups in total. The van der Waals surface area contributed by atoms with E-state index in [1.165, 1.54) is 56.7 Å². The van der Waals surface area contributed by atoms with Gasteiger partial charge in [0.15, 0.2) is 0 Å². The lowest BCUT2D eigenvalue weighted by Crippen LogP contribution is -2.46. The van der Waals surface area contributed by atoms with Gasteiger partial charge in [-0.2, -0.15) is 0 Å². The Morgan fingerprint density at radius 3 is 2.24 bits per heavy atom. The van der Waals surface area contributed by atoms with Crippen LogP contribution in [0.25, 0.3) is 0 Å². The number of nitrogens with zero attached hydrogens (tertiary/aromatic N) is 2. The molecule has 29 heavy (non-hydrogen) atoms. The van der Waals surface area contributed by atoms with E-state index < -0.39 is 0 Å². The van der Waals surface area contributed by atoms with Crippen LogP contribution in [0, 0.1) is 0 Å². The first-order valence-electron chi connectivity index (χ1n) is 10.7. The van der Waals surface area contributed by atoms with E-state index >= 15 is 0 Å². The lowest BCUT2D eigenvalue weighted by Gasteiger charge is -2.34. The van der Waals surface area contributed by atoms with Crippen molar-refractivity contribution in [3.8, 4) is 0 Å². The number of benzene rings is 2. The Morgan fingerprint density at radius 2 is 1.55 bits per heavy atom. The molecule has 1 amide bonds. The zero-order chi connectivity index (χ0) is 20.3. The van der Waals surface area contributed by atoms with Crippen molar-refractivity contribution < 1.29 is 4.79 Å². The molecule has 5 nitrogen and oxygen atoms in total. The van der Waals surface area contributed by atoms with E-state index in [2.05, 4.69) is 50.8 Å². The van der Waals surface area contributed by atoms with Crippen LogP contribution in [0.2, 0.25) is 0 Å². The number of amides is 1. The van der Waals surface area contributed by atoms with Gasteiger partial charge in [-0.05, 0) is 49.2 Å². The maximum atomic E-state index is 11.6. The van der Waals surface area contributed by atoms with E-state index in [1.54, 1.807) is 7.05 Å². The van der Waals surface area contributed by atoms with E-state index in [9.17, 15) is 4.79 Å². The average molecular weight is 395 g/mol. The van der Waals surface area contributed by atoms with E-state index in [0.717, 1.165) is 19.6 Å². The molecule has 0 atom stereocenters. The molecule has 1 saturated heterocycles. The van der Waals surface area contributed by atoms with Crippen LogP contribution >= 0.6 is 0 Å². The van der Waals surface area contributed by atoms with Gasteiger partial charge in [0.2, 0.25) is 0 Å². The fourth-order valence-electron chi connectivity index (χ4n) is 3.75. The van der Waals surface area contributed by atoms with Crippen LogP contribution in [0.1, 0.15) is 34.3 Å². The minimum absolute atomic E-state index is 0.0367. The molecule has 0 saturated carbocycles. The van der Waals surface area contributed by atoms with Gasteiger partial charge in [0, 0.05) is 51.9 Å². The van der Waals surface area contributed by atoms with Gasteiger partial charge in [-0.15, -0.1) is 0 Å². The molecule has 0 spiro atoms. The fraction of sp³-hybridized carbons (Fsp3) is 0.458. The maximum Gasteiger partial charge on any atom is 0.251 e. The highest BCUT2D eigenvalue weighted by atomic mass is 16.1. The maximum absolute atomic E-state index is 11.6. The summed E-state index contributed by atoms with van der Waals surface area (Å²) in [5, 5.41) is 6.16. The minimum atomic E-state index is -0.0367. The summed E-state index contributed by atoms with van der Waals surface area (Å²) < 4.78 is 0.